The van der Waals surface area contributed by atoms with E-state index in [0.717, 1.165) is 38.5 Å². The largest absolute Gasteiger partial charge is 0.756 e. The minimum atomic E-state index is -4.57. The molecule has 0 aromatic carbocycles. The molecular weight excluding hydrogens is 852 g/mol. The third-order valence-electron chi connectivity index (χ3n) is 14.1. The van der Waals surface area contributed by atoms with Crippen LogP contribution in [0.3, 0.4) is 0 Å². The van der Waals surface area contributed by atoms with Crippen LogP contribution in [0.2, 0.25) is 0 Å². The number of phosphoric acid groups is 1. The average molecular weight is 972 g/mol. The van der Waals surface area contributed by atoms with E-state index in [9.17, 15) is 19.4 Å². The van der Waals surface area contributed by atoms with E-state index in [0.29, 0.717) is 23.9 Å². The molecule has 0 aliphatic rings. The van der Waals surface area contributed by atoms with Crippen molar-refractivity contribution in [3.63, 3.8) is 0 Å². The molecule has 0 heterocycles. The van der Waals surface area contributed by atoms with Crippen LogP contribution in [0.15, 0.2) is 0 Å². The lowest BCUT2D eigenvalue weighted by atomic mass is 10.0. The average Bonchev–Trinajstić information content (AvgIpc) is 3.29. The Morgan fingerprint density at radius 2 is 0.731 bits per heavy atom. The van der Waals surface area contributed by atoms with Crippen LogP contribution in [0, 0.1) is 0 Å². The van der Waals surface area contributed by atoms with Crippen molar-refractivity contribution >= 4 is 13.7 Å². The summed E-state index contributed by atoms with van der Waals surface area (Å²) in [5.74, 6) is -0.157. The maximum atomic E-state index is 13.0. The third-order valence-corrected chi connectivity index (χ3v) is 15.1. The number of aliphatic hydroxyl groups is 1. The van der Waals surface area contributed by atoms with E-state index in [1.165, 1.54) is 250 Å². The molecule has 0 bridgehead atoms. The second-order valence-electron chi connectivity index (χ2n) is 22.1. The van der Waals surface area contributed by atoms with Crippen LogP contribution in [0.1, 0.15) is 316 Å². The number of amides is 1. The lowest BCUT2D eigenvalue weighted by Gasteiger charge is -2.30. The summed E-state index contributed by atoms with van der Waals surface area (Å²) in [4.78, 5) is 25.5. The van der Waals surface area contributed by atoms with Gasteiger partial charge < -0.3 is 28.8 Å². The van der Waals surface area contributed by atoms with Crippen molar-refractivity contribution in [1.29, 1.82) is 0 Å². The summed E-state index contributed by atoms with van der Waals surface area (Å²) in [6, 6.07) is -0.795. The SMILES string of the molecule is CCCCCCCCCCCCCCCCCCCCCCCCCCCCCCC(O)C(COP(=O)([O-])OCC[N+](C)(C)C)NC(=O)CCCCCCCCCCCCCCCCCCC. The second-order valence-corrected chi connectivity index (χ2v) is 23.5. The van der Waals surface area contributed by atoms with Gasteiger partial charge in [0.15, 0.2) is 0 Å². The fourth-order valence-corrected chi connectivity index (χ4v) is 10.1. The fourth-order valence-electron chi connectivity index (χ4n) is 9.40. The molecule has 0 radical (unpaired) electrons. The Balaban J connectivity index is 4.06. The number of carbonyl (C=O) groups is 1. The number of hydrogen-bond donors (Lipinski definition) is 2. The first kappa shape index (κ1) is 66.5. The molecule has 0 spiro atoms. The lowest BCUT2D eigenvalue weighted by molar-refractivity contribution is -0.870. The number of nitrogens with zero attached hydrogens (tertiary/aromatic N) is 1. The van der Waals surface area contributed by atoms with E-state index in [1.807, 2.05) is 21.1 Å². The molecule has 3 atom stereocenters. The van der Waals surface area contributed by atoms with Crippen LogP contribution in [-0.4, -0.2) is 68.5 Å². The monoisotopic (exact) mass is 971 g/mol. The number of aliphatic hydroxyl groups excluding tert-OH is 1. The van der Waals surface area contributed by atoms with Crippen molar-refractivity contribution in [1.82, 2.24) is 5.32 Å². The number of likely N-dealkylation sites (N-methyl/N-ethyl adjacent to an activating group) is 1. The van der Waals surface area contributed by atoms with E-state index in [-0.39, 0.29) is 19.1 Å². The van der Waals surface area contributed by atoms with Crippen LogP contribution in [0.4, 0.5) is 0 Å². The zero-order valence-corrected chi connectivity index (χ0v) is 46.8. The summed E-state index contributed by atoms with van der Waals surface area (Å²) in [5, 5.41) is 14.0. The highest BCUT2D eigenvalue weighted by molar-refractivity contribution is 7.45. The number of rotatable bonds is 56. The van der Waals surface area contributed by atoms with E-state index in [4.69, 9.17) is 9.05 Å². The second kappa shape index (κ2) is 50.4. The van der Waals surface area contributed by atoms with Crippen molar-refractivity contribution in [2.45, 2.75) is 328 Å². The maximum absolute atomic E-state index is 13.0. The van der Waals surface area contributed by atoms with E-state index in [2.05, 4.69) is 19.2 Å². The van der Waals surface area contributed by atoms with Crippen LogP contribution in [0.5, 0.6) is 0 Å². The molecule has 0 saturated heterocycles. The van der Waals surface area contributed by atoms with Crippen LogP contribution in [0.25, 0.3) is 0 Å². The van der Waals surface area contributed by atoms with Crippen LogP contribution < -0.4 is 10.2 Å². The number of unbranched alkanes of at least 4 members (excludes halogenated alkanes) is 43. The minimum absolute atomic E-state index is 0.0167. The topological polar surface area (TPSA) is 108 Å². The molecule has 402 valence electrons. The number of hydrogen-bond acceptors (Lipinski definition) is 6. The first-order valence-corrected chi connectivity index (χ1v) is 31.3. The van der Waals surface area contributed by atoms with Gasteiger partial charge in [-0.05, 0) is 12.8 Å². The van der Waals surface area contributed by atoms with Crippen molar-refractivity contribution in [3.8, 4) is 0 Å². The summed E-state index contributed by atoms with van der Waals surface area (Å²) in [6.07, 6.45) is 60.0. The Kier molecular flexibility index (Phi) is 50.1. The van der Waals surface area contributed by atoms with Gasteiger partial charge in [0.25, 0.3) is 7.82 Å². The highest BCUT2D eigenvalue weighted by atomic mass is 31.2. The summed E-state index contributed by atoms with van der Waals surface area (Å²) in [6.45, 7) is 4.78. The van der Waals surface area contributed by atoms with E-state index in [1.54, 1.807) is 0 Å². The zero-order valence-electron chi connectivity index (χ0n) is 45.9. The smallest absolute Gasteiger partial charge is 0.268 e. The zero-order chi connectivity index (χ0) is 49.2. The predicted molar refractivity (Wildman–Crippen MR) is 289 cm³/mol. The van der Waals surface area contributed by atoms with Gasteiger partial charge in [0.05, 0.1) is 39.9 Å². The minimum Gasteiger partial charge on any atom is -0.756 e. The molecule has 1 amide bonds. The molecule has 3 unspecified atom stereocenters. The van der Waals surface area contributed by atoms with Gasteiger partial charge in [0.2, 0.25) is 5.91 Å². The molecule has 0 saturated carbocycles. The van der Waals surface area contributed by atoms with Gasteiger partial charge in [0.1, 0.15) is 13.2 Å². The predicted octanol–water partition coefficient (Wildman–Crippen LogP) is 17.4. The van der Waals surface area contributed by atoms with Crippen LogP contribution >= 0.6 is 7.82 Å². The summed E-state index contributed by atoms with van der Waals surface area (Å²) in [7, 11) is 1.33. The van der Waals surface area contributed by atoms with Crippen LogP contribution in [-0.2, 0) is 18.4 Å². The normalized spacial score (nSPS) is 13.8. The molecule has 0 rings (SSSR count). The molecule has 9 heteroatoms. The first-order valence-electron chi connectivity index (χ1n) is 29.9. The molecule has 0 aliphatic carbocycles. The molecule has 0 aromatic rings. The molecule has 0 aliphatic heterocycles. The number of phosphoric ester groups is 1. The third kappa shape index (κ3) is 53.1. The standard InChI is InChI=1S/C58H119N2O6P/c1-6-8-10-12-14-16-18-20-22-24-25-26-27-28-29-30-31-32-33-34-36-37-39-41-43-45-47-49-51-57(61)56(55-66-67(63,64)65-54-53-60(3,4)5)59-58(62)52-50-48-46-44-42-40-38-35-23-21-19-17-15-13-11-9-7-2/h56-57,61H,6-55H2,1-5H3,(H-,59,62,63,64). The van der Waals surface area contributed by atoms with Gasteiger partial charge in [-0.25, -0.2) is 0 Å². The highest BCUT2D eigenvalue weighted by Crippen LogP contribution is 2.38. The van der Waals surface area contributed by atoms with E-state index < -0.39 is 20.0 Å². The van der Waals surface area contributed by atoms with Gasteiger partial charge in [0, 0.05) is 6.42 Å². The number of quaternary nitrogens is 1. The first-order chi connectivity index (χ1) is 32.5. The Morgan fingerprint density at radius 3 is 1.01 bits per heavy atom. The van der Waals surface area contributed by atoms with Gasteiger partial charge in [-0.2, -0.15) is 0 Å². The van der Waals surface area contributed by atoms with E-state index >= 15 is 0 Å². The Labute approximate surface area is 419 Å². The number of nitrogens with one attached hydrogen (secondary N) is 1. The Bertz CT molecular complexity index is 1060. The summed E-state index contributed by atoms with van der Waals surface area (Å²) in [5.41, 5.74) is 0. The quantitative estimate of drug-likeness (QED) is 0.0357. The van der Waals surface area contributed by atoms with Crippen molar-refractivity contribution in [2.24, 2.45) is 0 Å². The molecule has 0 fully saturated rings. The molecular formula is C58H119N2O6P. The van der Waals surface area contributed by atoms with Gasteiger partial charge in [-0.3, -0.25) is 9.36 Å². The van der Waals surface area contributed by atoms with Gasteiger partial charge in [-0.1, -0.05) is 296 Å². The molecule has 0 aromatic heterocycles. The van der Waals surface area contributed by atoms with Crippen molar-refractivity contribution in [2.75, 3.05) is 40.9 Å². The summed E-state index contributed by atoms with van der Waals surface area (Å²) >= 11 is 0. The lowest BCUT2D eigenvalue weighted by Crippen LogP contribution is -2.46. The number of carbonyl (C=O) groups excluding carboxylic acids is 1. The van der Waals surface area contributed by atoms with Gasteiger partial charge in [-0.15, -0.1) is 0 Å². The molecule has 2 N–H and O–H groups in total. The maximum Gasteiger partial charge on any atom is 0.268 e. The van der Waals surface area contributed by atoms with Crippen molar-refractivity contribution < 1.29 is 32.9 Å². The van der Waals surface area contributed by atoms with Crippen molar-refractivity contribution in [3.05, 3.63) is 0 Å². The molecule has 67 heavy (non-hydrogen) atoms. The Hall–Kier alpha value is -0.500. The fraction of sp³-hybridized carbons (Fsp3) is 0.983. The Morgan fingerprint density at radius 1 is 0.463 bits per heavy atom. The molecule has 8 nitrogen and oxygen atoms in total. The van der Waals surface area contributed by atoms with Gasteiger partial charge >= 0.3 is 0 Å². The highest BCUT2D eigenvalue weighted by Gasteiger charge is 2.24. The summed E-state index contributed by atoms with van der Waals surface area (Å²) < 4.78 is 23.4.